The van der Waals surface area contributed by atoms with Gasteiger partial charge in [-0.3, -0.25) is 0 Å². The number of carboxylic acid groups (broad SMARTS) is 1. The fraction of sp³-hybridized carbons (Fsp3) is 0.133. The second kappa shape index (κ2) is 7.22. The number of alkyl halides is 3. The van der Waals surface area contributed by atoms with E-state index in [4.69, 9.17) is 9.84 Å². The molecule has 2 aromatic rings. The summed E-state index contributed by atoms with van der Waals surface area (Å²) in [5.41, 5.74) is -1.19. The molecule has 0 aromatic heterocycles. The highest BCUT2D eigenvalue weighted by molar-refractivity contribution is 7.92. The number of rotatable bonds is 6. The van der Waals surface area contributed by atoms with Crippen LogP contribution in [0.25, 0.3) is 0 Å². The van der Waals surface area contributed by atoms with Crippen LogP contribution in [-0.4, -0.2) is 33.0 Å². The van der Waals surface area contributed by atoms with Crippen LogP contribution < -0.4 is 9.21 Å². The van der Waals surface area contributed by atoms with Gasteiger partial charge in [-0.2, -0.15) is 13.3 Å². The molecule has 0 fully saturated rings. The highest BCUT2D eigenvalue weighted by Crippen LogP contribution is 2.32. The first-order chi connectivity index (χ1) is 12.1. The van der Waals surface area contributed by atoms with Crippen molar-refractivity contribution in [2.24, 2.45) is 0 Å². The molecule has 140 valence electrons. The number of hydrogen-bond acceptors (Lipinski definition) is 5. The van der Waals surface area contributed by atoms with Crippen molar-refractivity contribution in [3.05, 3.63) is 54.1 Å². The zero-order valence-corrected chi connectivity index (χ0v) is 13.9. The molecular formula is C15H12F3NO6S. The maximum Gasteiger partial charge on any atom is 0.544 e. The van der Waals surface area contributed by atoms with E-state index in [2.05, 4.69) is 4.84 Å². The minimum absolute atomic E-state index is 0.268. The Hall–Kier alpha value is -2.79. The smallest absolute Gasteiger partial charge is 0.497 e. The van der Waals surface area contributed by atoms with Crippen LogP contribution in [0.5, 0.6) is 5.75 Å². The Morgan fingerprint density at radius 2 is 1.65 bits per heavy atom. The number of carbonyl (C=O) groups is 1. The van der Waals surface area contributed by atoms with E-state index in [1.807, 2.05) is 0 Å². The van der Waals surface area contributed by atoms with Gasteiger partial charge in [-0.05, 0) is 36.4 Å². The molecule has 0 aliphatic carbocycles. The van der Waals surface area contributed by atoms with Crippen LogP contribution in [0.3, 0.4) is 0 Å². The van der Waals surface area contributed by atoms with E-state index in [0.717, 1.165) is 24.3 Å². The first-order valence-corrected chi connectivity index (χ1v) is 8.28. The van der Waals surface area contributed by atoms with E-state index in [1.165, 1.54) is 31.4 Å². The summed E-state index contributed by atoms with van der Waals surface area (Å²) < 4.78 is 68.2. The Morgan fingerprint density at radius 3 is 2.15 bits per heavy atom. The Morgan fingerprint density at radius 1 is 1.08 bits per heavy atom. The van der Waals surface area contributed by atoms with Gasteiger partial charge in [0.15, 0.2) is 0 Å². The monoisotopic (exact) mass is 391 g/mol. The van der Waals surface area contributed by atoms with Crippen molar-refractivity contribution in [3.63, 3.8) is 0 Å². The number of halogens is 3. The normalized spacial score (nSPS) is 11.8. The standard InChI is InChI=1S/C15H12F3NO6S/c1-24-11-8-6-10(7-9-11)19(25-15(16,17)18)26(22,23)13-5-3-2-4-12(13)14(20)21/h2-9H,1H3,(H,20,21). The molecule has 0 aliphatic heterocycles. The van der Waals surface area contributed by atoms with Crippen LogP contribution in [0.2, 0.25) is 0 Å². The van der Waals surface area contributed by atoms with E-state index in [-0.39, 0.29) is 10.2 Å². The minimum atomic E-state index is -5.34. The lowest BCUT2D eigenvalue weighted by atomic mass is 10.2. The van der Waals surface area contributed by atoms with E-state index < -0.39 is 38.5 Å². The first kappa shape index (κ1) is 19.5. The molecule has 0 atom stereocenters. The van der Waals surface area contributed by atoms with E-state index in [0.29, 0.717) is 0 Å². The van der Waals surface area contributed by atoms with Crippen LogP contribution in [0.1, 0.15) is 10.4 Å². The third kappa shape index (κ3) is 4.24. The Balaban J connectivity index is 2.62. The number of nitrogens with zero attached hydrogens (tertiary/aromatic N) is 1. The van der Waals surface area contributed by atoms with Gasteiger partial charge < -0.3 is 9.84 Å². The first-order valence-electron chi connectivity index (χ1n) is 6.84. The summed E-state index contributed by atoms with van der Waals surface area (Å²) in [7, 11) is -3.69. The molecule has 0 heterocycles. The van der Waals surface area contributed by atoms with Gasteiger partial charge in [0.2, 0.25) is 0 Å². The lowest BCUT2D eigenvalue weighted by Gasteiger charge is -2.24. The predicted molar refractivity (Wildman–Crippen MR) is 83.2 cm³/mol. The largest absolute Gasteiger partial charge is 0.544 e. The highest BCUT2D eigenvalue weighted by Gasteiger charge is 2.40. The molecule has 0 unspecified atom stereocenters. The second-order valence-electron chi connectivity index (χ2n) is 4.77. The molecule has 2 rings (SSSR count). The summed E-state index contributed by atoms with van der Waals surface area (Å²) in [6, 6.07) is 8.73. The average molecular weight is 391 g/mol. The van der Waals surface area contributed by atoms with E-state index >= 15 is 0 Å². The Labute approximate surface area is 146 Å². The summed E-state index contributed by atoms with van der Waals surface area (Å²) in [6.07, 6.45) is -5.34. The summed E-state index contributed by atoms with van der Waals surface area (Å²) in [4.78, 5) is 14.0. The van der Waals surface area contributed by atoms with Crippen LogP contribution in [0.15, 0.2) is 53.4 Å². The van der Waals surface area contributed by atoms with Crippen LogP contribution in [-0.2, 0) is 14.9 Å². The van der Waals surface area contributed by atoms with Crippen LogP contribution in [0.4, 0.5) is 18.9 Å². The van der Waals surface area contributed by atoms with Gasteiger partial charge >= 0.3 is 12.3 Å². The molecule has 26 heavy (non-hydrogen) atoms. The van der Waals surface area contributed by atoms with Crippen LogP contribution in [0, 0.1) is 0 Å². The molecule has 0 bridgehead atoms. The second-order valence-corrected chi connectivity index (χ2v) is 6.49. The zero-order valence-electron chi connectivity index (χ0n) is 13.1. The zero-order chi connectivity index (χ0) is 19.5. The lowest BCUT2D eigenvalue weighted by Crippen LogP contribution is -2.37. The quantitative estimate of drug-likeness (QED) is 0.761. The number of sulfonamides is 1. The van der Waals surface area contributed by atoms with Crippen molar-refractivity contribution in [1.29, 1.82) is 0 Å². The molecule has 0 aliphatic rings. The molecule has 1 N–H and O–H groups in total. The van der Waals surface area contributed by atoms with Gasteiger partial charge in [0.1, 0.15) is 10.6 Å². The Bertz CT molecular complexity index is 896. The number of aromatic carboxylic acids is 1. The third-order valence-electron chi connectivity index (χ3n) is 3.08. The molecule has 0 saturated heterocycles. The maximum atomic E-state index is 12.8. The molecule has 2 aromatic carbocycles. The molecule has 0 spiro atoms. The fourth-order valence-electron chi connectivity index (χ4n) is 2.00. The number of anilines is 1. The van der Waals surface area contributed by atoms with Crippen molar-refractivity contribution >= 4 is 21.7 Å². The highest BCUT2D eigenvalue weighted by atomic mass is 32.2. The maximum absolute atomic E-state index is 12.8. The van der Waals surface area contributed by atoms with Crippen molar-refractivity contribution < 1.29 is 41.1 Å². The number of carboxylic acids is 1. The number of benzene rings is 2. The third-order valence-corrected chi connectivity index (χ3v) is 4.72. The summed E-state index contributed by atoms with van der Waals surface area (Å²) in [6.45, 7) is 0. The SMILES string of the molecule is COc1ccc(N(OC(F)(F)F)S(=O)(=O)c2ccccc2C(=O)O)cc1. The van der Waals surface area contributed by atoms with Gasteiger partial charge in [-0.1, -0.05) is 12.1 Å². The minimum Gasteiger partial charge on any atom is -0.497 e. The van der Waals surface area contributed by atoms with Crippen molar-refractivity contribution in [1.82, 2.24) is 0 Å². The van der Waals surface area contributed by atoms with Crippen molar-refractivity contribution in [2.75, 3.05) is 11.6 Å². The molecule has 0 radical (unpaired) electrons. The molecule has 7 nitrogen and oxygen atoms in total. The van der Waals surface area contributed by atoms with Crippen LogP contribution >= 0.6 is 0 Å². The van der Waals surface area contributed by atoms with Gasteiger partial charge in [-0.25, -0.2) is 4.79 Å². The van der Waals surface area contributed by atoms with E-state index in [1.54, 1.807) is 0 Å². The summed E-state index contributed by atoms with van der Waals surface area (Å²) >= 11 is 0. The summed E-state index contributed by atoms with van der Waals surface area (Å²) in [5, 5.41) is 9.12. The summed E-state index contributed by atoms with van der Waals surface area (Å²) in [5.74, 6) is -1.35. The molecular weight excluding hydrogens is 379 g/mol. The van der Waals surface area contributed by atoms with Gasteiger partial charge in [-0.15, -0.1) is 17.6 Å². The fourth-order valence-corrected chi connectivity index (χ4v) is 3.44. The van der Waals surface area contributed by atoms with E-state index in [9.17, 15) is 26.4 Å². The average Bonchev–Trinajstić information content (AvgIpc) is 2.59. The topological polar surface area (TPSA) is 93.1 Å². The molecule has 0 amide bonds. The van der Waals surface area contributed by atoms with Gasteiger partial charge in [0, 0.05) is 0 Å². The van der Waals surface area contributed by atoms with Crippen molar-refractivity contribution in [3.8, 4) is 5.75 Å². The van der Waals surface area contributed by atoms with Gasteiger partial charge in [0.25, 0.3) is 10.0 Å². The van der Waals surface area contributed by atoms with Gasteiger partial charge in [0.05, 0.1) is 18.4 Å². The predicted octanol–water partition coefficient (Wildman–Crippen LogP) is 3.04. The number of methoxy groups -OCH3 is 1. The number of hydrogen-bond donors (Lipinski definition) is 1. The lowest BCUT2D eigenvalue weighted by molar-refractivity contribution is -0.322. The molecule has 0 saturated carbocycles. The Kier molecular flexibility index (Phi) is 5.42. The van der Waals surface area contributed by atoms with Crippen molar-refractivity contribution in [2.45, 2.75) is 11.3 Å². The molecule has 11 heteroatoms. The number of ether oxygens (including phenoxy) is 1.